The summed E-state index contributed by atoms with van der Waals surface area (Å²) in [5.74, 6) is 0.897. The smallest absolute Gasteiger partial charge is 0.139 e. The molecule has 1 atom stereocenters. The van der Waals surface area contributed by atoms with Gasteiger partial charge >= 0.3 is 0 Å². The molecule has 0 radical (unpaired) electrons. The van der Waals surface area contributed by atoms with E-state index in [1.807, 2.05) is 0 Å². The standard InChI is InChI=1S/C14H24O/c1-11(2)10-14(4,12(3)15)13-8-6-5-7-9-13/h10,13H,5-9H2,1-4H3. The number of hydrogen-bond donors (Lipinski definition) is 0. The van der Waals surface area contributed by atoms with E-state index in [0.717, 1.165) is 0 Å². The SMILES string of the molecule is CC(=O)C(C)(C=C(C)C)C1CCCCC1. The van der Waals surface area contributed by atoms with Gasteiger partial charge < -0.3 is 0 Å². The molecule has 1 rings (SSSR count). The molecule has 1 fully saturated rings. The molecule has 1 unspecified atom stereocenters. The highest BCUT2D eigenvalue weighted by atomic mass is 16.1. The molecule has 1 aliphatic rings. The van der Waals surface area contributed by atoms with Crippen LogP contribution < -0.4 is 0 Å². The third-order valence-corrected chi connectivity index (χ3v) is 3.80. The fourth-order valence-electron chi connectivity index (χ4n) is 2.81. The Morgan fingerprint density at radius 1 is 1.13 bits per heavy atom. The molecule has 0 amide bonds. The maximum atomic E-state index is 11.9. The van der Waals surface area contributed by atoms with Crippen molar-refractivity contribution in [3.05, 3.63) is 11.6 Å². The highest BCUT2D eigenvalue weighted by Crippen LogP contribution is 2.40. The highest BCUT2D eigenvalue weighted by molar-refractivity contribution is 5.84. The first-order valence-corrected chi connectivity index (χ1v) is 6.14. The molecule has 0 N–H and O–H groups in total. The van der Waals surface area contributed by atoms with Crippen LogP contribution in [0, 0.1) is 11.3 Å². The van der Waals surface area contributed by atoms with Crippen LogP contribution >= 0.6 is 0 Å². The topological polar surface area (TPSA) is 17.1 Å². The fraction of sp³-hybridized carbons (Fsp3) is 0.786. The number of ketones is 1. The normalized spacial score (nSPS) is 21.9. The van der Waals surface area contributed by atoms with E-state index in [2.05, 4.69) is 26.8 Å². The van der Waals surface area contributed by atoms with E-state index < -0.39 is 0 Å². The Hall–Kier alpha value is -0.590. The molecule has 0 aromatic carbocycles. The largest absolute Gasteiger partial charge is 0.299 e. The van der Waals surface area contributed by atoms with Crippen molar-refractivity contribution in [2.75, 3.05) is 0 Å². The molecule has 0 aromatic heterocycles. The number of allylic oxidation sites excluding steroid dienone is 2. The molecule has 1 saturated carbocycles. The Morgan fingerprint density at radius 3 is 2.07 bits per heavy atom. The zero-order valence-electron chi connectivity index (χ0n) is 10.6. The van der Waals surface area contributed by atoms with Crippen LogP contribution in [0.25, 0.3) is 0 Å². The summed E-state index contributed by atoms with van der Waals surface area (Å²) in [7, 11) is 0. The molecule has 0 bridgehead atoms. The molecule has 0 aromatic rings. The van der Waals surface area contributed by atoms with Crippen molar-refractivity contribution < 1.29 is 4.79 Å². The lowest BCUT2D eigenvalue weighted by Gasteiger charge is -2.36. The summed E-state index contributed by atoms with van der Waals surface area (Å²) in [6.07, 6.45) is 8.57. The van der Waals surface area contributed by atoms with Gasteiger partial charge in [0.05, 0.1) is 0 Å². The average Bonchev–Trinajstić information content (AvgIpc) is 2.17. The quantitative estimate of drug-likeness (QED) is 0.637. The number of carbonyl (C=O) groups is 1. The van der Waals surface area contributed by atoms with E-state index >= 15 is 0 Å². The fourth-order valence-corrected chi connectivity index (χ4v) is 2.81. The molecule has 0 saturated heterocycles. The van der Waals surface area contributed by atoms with Crippen molar-refractivity contribution in [1.29, 1.82) is 0 Å². The first-order valence-electron chi connectivity index (χ1n) is 6.14. The maximum absolute atomic E-state index is 11.9. The van der Waals surface area contributed by atoms with Crippen molar-refractivity contribution in [3.8, 4) is 0 Å². The molecule has 0 spiro atoms. The predicted molar refractivity (Wildman–Crippen MR) is 64.8 cm³/mol. The predicted octanol–water partition coefficient (Wildman–Crippen LogP) is 4.13. The van der Waals surface area contributed by atoms with Gasteiger partial charge in [0, 0.05) is 5.41 Å². The summed E-state index contributed by atoms with van der Waals surface area (Å²) in [6, 6.07) is 0. The van der Waals surface area contributed by atoms with Gasteiger partial charge in [-0.05, 0) is 46.5 Å². The molecule has 0 heterocycles. The summed E-state index contributed by atoms with van der Waals surface area (Å²) in [5, 5.41) is 0. The van der Waals surface area contributed by atoms with Crippen molar-refractivity contribution >= 4 is 5.78 Å². The van der Waals surface area contributed by atoms with Crippen molar-refractivity contribution in [2.24, 2.45) is 11.3 Å². The molecule has 1 aliphatic carbocycles. The Bertz CT molecular complexity index is 255. The van der Waals surface area contributed by atoms with Crippen LogP contribution in [0.3, 0.4) is 0 Å². The monoisotopic (exact) mass is 208 g/mol. The summed E-state index contributed by atoms with van der Waals surface area (Å²) in [5.41, 5.74) is 1.05. The molecule has 1 nitrogen and oxygen atoms in total. The average molecular weight is 208 g/mol. The number of hydrogen-bond acceptors (Lipinski definition) is 1. The van der Waals surface area contributed by atoms with Gasteiger partial charge in [0.2, 0.25) is 0 Å². The molecular weight excluding hydrogens is 184 g/mol. The van der Waals surface area contributed by atoms with E-state index in [1.165, 1.54) is 37.7 Å². The summed E-state index contributed by atoms with van der Waals surface area (Å²) in [6.45, 7) is 8.04. The van der Waals surface area contributed by atoms with Gasteiger partial charge in [0.15, 0.2) is 0 Å². The second-order valence-electron chi connectivity index (χ2n) is 5.40. The lowest BCUT2D eigenvalue weighted by Crippen LogP contribution is -2.34. The van der Waals surface area contributed by atoms with E-state index in [9.17, 15) is 4.79 Å². The van der Waals surface area contributed by atoms with Gasteiger partial charge in [-0.3, -0.25) is 4.79 Å². The zero-order chi connectivity index (χ0) is 11.5. The minimum atomic E-state index is -0.209. The van der Waals surface area contributed by atoms with Crippen LogP contribution in [0.5, 0.6) is 0 Å². The summed E-state index contributed by atoms with van der Waals surface area (Å²) >= 11 is 0. The molecule has 86 valence electrons. The summed E-state index contributed by atoms with van der Waals surface area (Å²) in [4.78, 5) is 11.9. The van der Waals surface area contributed by atoms with Crippen LogP contribution in [-0.4, -0.2) is 5.78 Å². The number of carbonyl (C=O) groups excluding carboxylic acids is 1. The Balaban J connectivity index is 2.89. The second kappa shape index (κ2) is 4.96. The molecule has 1 heteroatoms. The van der Waals surface area contributed by atoms with Crippen molar-refractivity contribution in [1.82, 2.24) is 0 Å². The minimum Gasteiger partial charge on any atom is -0.299 e. The minimum absolute atomic E-state index is 0.209. The van der Waals surface area contributed by atoms with Crippen molar-refractivity contribution in [2.45, 2.75) is 59.8 Å². The molecule has 15 heavy (non-hydrogen) atoms. The third kappa shape index (κ3) is 2.93. The van der Waals surface area contributed by atoms with Crippen LogP contribution in [0.1, 0.15) is 59.8 Å². The Morgan fingerprint density at radius 2 is 1.67 bits per heavy atom. The van der Waals surface area contributed by atoms with E-state index in [4.69, 9.17) is 0 Å². The van der Waals surface area contributed by atoms with Crippen LogP contribution in [0.2, 0.25) is 0 Å². The Kier molecular flexibility index (Phi) is 4.12. The van der Waals surface area contributed by atoms with Crippen molar-refractivity contribution in [3.63, 3.8) is 0 Å². The lowest BCUT2D eigenvalue weighted by molar-refractivity contribution is -0.126. The van der Waals surface area contributed by atoms with E-state index in [1.54, 1.807) is 6.92 Å². The number of Topliss-reactive ketones (excluding diaryl/α,β-unsaturated/α-hetero) is 1. The Labute approximate surface area is 93.9 Å². The first-order chi connectivity index (χ1) is 6.97. The molecule has 0 aliphatic heterocycles. The second-order valence-corrected chi connectivity index (χ2v) is 5.40. The maximum Gasteiger partial charge on any atom is 0.139 e. The zero-order valence-corrected chi connectivity index (χ0v) is 10.6. The van der Waals surface area contributed by atoms with Gasteiger partial charge in [-0.25, -0.2) is 0 Å². The van der Waals surface area contributed by atoms with Crippen LogP contribution in [-0.2, 0) is 4.79 Å². The van der Waals surface area contributed by atoms with Gasteiger partial charge in [0.1, 0.15) is 5.78 Å². The lowest BCUT2D eigenvalue weighted by atomic mass is 9.67. The van der Waals surface area contributed by atoms with Crippen LogP contribution in [0.4, 0.5) is 0 Å². The molecular formula is C14H24O. The van der Waals surface area contributed by atoms with Gasteiger partial charge in [-0.1, -0.05) is 30.9 Å². The number of rotatable bonds is 3. The van der Waals surface area contributed by atoms with Gasteiger partial charge in [-0.2, -0.15) is 0 Å². The highest BCUT2D eigenvalue weighted by Gasteiger charge is 2.36. The van der Waals surface area contributed by atoms with E-state index in [0.29, 0.717) is 11.7 Å². The van der Waals surface area contributed by atoms with Crippen LogP contribution in [0.15, 0.2) is 11.6 Å². The van der Waals surface area contributed by atoms with E-state index in [-0.39, 0.29) is 5.41 Å². The van der Waals surface area contributed by atoms with Gasteiger partial charge in [0.25, 0.3) is 0 Å². The summed E-state index contributed by atoms with van der Waals surface area (Å²) < 4.78 is 0. The van der Waals surface area contributed by atoms with Gasteiger partial charge in [-0.15, -0.1) is 0 Å². The first kappa shape index (κ1) is 12.5. The third-order valence-electron chi connectivity index (χ3n) is 3.80.